The summed E-state index contributed by atoms with van der Waals surface area (Å²) in [7, 11) is 0. The molecule has 1 heterocycles. The molecule has 4 aromatic carbocycles. The van der Waals surface area contributed by atoms with E-state index >= 15 is 0 Å². The van der Waals surface area contributed by atoms with Crippen LogP contribution in [0.1, 0.15) is 0 Å². The molecule has 3 nitrogen and oxygen atoms in total. The molecular weight excluding hydrogens is 446 g/mol. The van der Waals surface area contributed by atoms with E-state index < -0.39 is 0 Å². The maximum absolute atomic E-state index is 4.40. The summed E-state index contributed by atoms with van der Waals surface area (Å²) in [6, 6.07) is 33.8. The highest BCUT2D eigenvalue weighted by Crippen LogP contribution is 2.36. The smallest absolute Gasteiger partial charge is 0.163 e. The molecule has 1 aromatic heterocycles. The van der Waals surface area contributed by atoms with Gasteiger partial charge in [0, 0.05) is 10.0 Å². The molecule has 0 amide bonds. The van der Waals surface area contributed by atoms with Gasteiger partial charge in [0.1, 0.15) is 12.7 Å². The van der Waals surface area contributed by atoms with E-state index in [1.807, 2.05) is 12.1 Å². The molecule has 148 valence electrons. The summed E-state index contributed by atoms with van der Waals surface area (Å²) in [4.78, 5) is 12.8. The summed E-state index contributed by atoms with van der Waals surface area (Å²) in [5.74, 6) is 0.664. The van der Waals surface area contributed by atoms with Crippen molar-refractivity contribution in [2.45, 2.75) is 0 Å². The van der Waals surface area contributed by atoms with Crippen LogP contribution in [0, 0.1) is 0 Å². The van der Waals surface area contributed by atoms with E-state index in [-0.39, 0.29) is 0 Å². The van der Waals surface area contributed by atoms with Gasteiger partial charge in [0.15, 0.2) is 5.82 Å². The van der Waals surface area contributed by atoms with Crippen molar-refractivity contribution in [1.29, 1.82) is 0 Å². The van der Waals surface area contributed by atoms with Crippen molar-refractivity contribution < 1.29 is 0 Å². The lowest BCUT2D eigenvalue weighted by Gasteiger charge is -2.13. The first-order valence-electron chi connectivity index (χ1n) is 9.96. The molecule has 4 heteroatoms. The monoisotopic (exact) mass is 463 g/mol. The third kappa shape index (κ3) is 4.16. The van der Waals surface area contributed by atoms with Gasteiger partial charge >= 0.3 is 0 Å². The first-order valence-corrected chi connectivity index (χ1v) is 10.8. The van der Waals surface area contributed by atoms with Gasteiger partial charge in [-0.2, -0.15) is 0 Å². The predicted octanol–water partition coefficient (Wildman–Crippen LogP) is 7.30. The Balaban J connectivity index is 1.69. The zero-order valence-electron chi connectivity index (χ0n) is 16.6. The average Bonchev–Trinajstić information content (AvgIpc) is 2.85. The molecule has 31 heavy (non-hydrogen) atoms. The van der Waals surface area contributed by atoms with Gasteiger partial charge in [0.2, 0.25) is 0 Å². The fourth-order valence-corrected chi connectivity index (χ4v) is 4.10. The van der Waals surface area contributed by atoms with Gasteiger partial charge in [-0.3, -0.25) is 0 Å². The molecule has 0 unspecified atom stereocenters. The van der Waals surface area contributed by atoms with Gasteiger partial charge in [0.05, 0.1) is 0 Å². The Bertz CT molecular complexity index is 1340. The predicted molar refractivity (Wildman–Crippen MR) is 129 cm³/mol. The summed E-state index contributed by atoms with van der Waals surface area (Å²) >= 11 is 3.58. The minimum Gasteiger partial charge on any atom is -0.225 e. The normalized spacial score (nSPS) is 10.7. The zero-order valence-corrected chi connectivity index (χ0v) is 18.2. The van der Waals surface area contributed by atoms with Gasteiger partial charge in [-0.25, -0.2) is 15.0 Å². The van der Waals surface area contributed by atoms with Crippen LogP contribution < -0.4 is 0 Å². The SMILES string of the molecule is Brc1cccc(-c2cccc(-c3cc(-c4ccccc4)ccc3-c3ncncn3)c2)c1. The number of hydrogen-bond acceptors (Lipinski definition) is 3. The molecule has 0 aliphatic carbocycles. The van der Waals surface area contributed by atoms with Gasteiger partial charge in [0.25, 0.3) is 0 Å². The maximum atomic E-state index is 4.40. The molecule has 0 atom stereocenters. The molecule has 0 saturated carbocycles. The van der Waals surface area contributed by atoms with Crippen molar-refractivity contribution in [1.82, 2.24) is 15.0 Å². The third-order valence-electron chi connectivity index (χ3n) is 5.19. The maximum Gasteiger partial charge on any atom is 0.163 e. The van der Waals surface area contributed by atoms with E-state index in [2.05, 4.69) is 116 Å². The number of hydrogen-bond donors (Lipinski definition) is 0. The van der Waals surface area contributed by atoms with Crippen LogP contribution in [0.5, 0.6) is 0 Å². The minimum atomic E-state index is 0.664. The number of aromatic nitrogens is 3. The summed E-state index contributed by atoms with van der Waals surface area (Å²) in [6.45, 7) is 0. The van der Waals surface area contributed by atoms with Crippen LogP contribution in [0.4, 0.5) is 0 Å². The fourth-order valence-electron chi connectivity index (χ4n) is 3.70. The van der Waals surface area contributed by atoms with Gasteiger partial charge in [-0.15, -0.1) is 0 Å². The number of benzene rings is 4. The standard InChI is InChI=1S/C27H18BrN3/c28-24-11-5-9-21(15-24)20-8-4-10-23(14-20)26-16-22(19-6-2-1-3-7-19)12-13-25(26)27-30-17-29-18-31-27/h1-18H. The van der Waals surface area contributed by atoms with Gasteiger partial charge in [-0.05, 0) is 63.7 Å². The topological polar surface area (TPSA) is 38.7 Å². The number of rotatable bonds is 4. The first-order chi connectivity index (χ1) is 15.3. The summed E-state index contributed by atoms with van der Waals surface area (Å²) in [6.07, 6.45) is 3.07. The first kappa shape index (κ1) is 19.3. The van der Waals surface area contributed by atoms with E-state index in [4.69, 9.17) is 0 Å². The average molecular weight is 464 g/mol. The van der Waals surface area contributed by atoms with Crippen molar-refractivity contribution in [2.75, 3.05) is 0 Å². The lowest BCUT2D eigenvalue weighted by molar-refractivity contribution is 1.06. The highest BCUT2D eigenvalue weighted by Gasteiger charge is 2.13. The molecule has 0 spiro atoms. The van der Waals surface area contributed by atoms with Gasteiger partial charge in [-0.1, -0.05) is 82.7 Å². The van der Waals surface area contributed by atoms with Crippen LogP contribution in [-0.2, 0) is 0 Å². The highest BCUT2D eigenvalue weighted by molar-refractivity contribution is 9.10. The second kappa shape index (κ2) is 8.62. The molecule has 0 saturated heterocycles. The summed E-state index contributed by atoms with van der Waals surface area (Å²) < 4.78 is 1.06. The molecule has 5 rings (SSSR count). The highest BCUT2D eigenvalue weighted by atomic mass is 79.9. The second-order valence-corrected chi connectivity index (χ2v) is 8.10. The van der Waals surface area contributed by atoms with E-state index in [1.165, 1.54) is 18.2 Å². The van der Waals surface area contributed by atoms with E-state index in [1.54, 1.807) is 0 Å². The Morgan fingerprint density at radius 3 is 1.90 bits per heavy atom. The van der Waals surface area contributed by atoms with Crippen LogP contribution in [0.3, 0.4) is 0 Å². The Morgan fingerprint density at radius 1 is 0.484 bits per heavy atom. The van der Waals surface area contributed by atoms with Crippen LogP contribution in [0.15, 0.2) is 114 Å². The lowest BCUT2D eigenvalue weighted by Crippen LogP contribution is -1.93. The van der Waals surface area contributed by atoms with Gasteiger partial charge < -0.3 is 0 Å². The molecule has 0 aliphatic rings. The minimum absolute atomic E-state index is 0.664. The molecule has 0 N–H and O–H groups in total. The Labute approximate surface area is 189 Å². The van der Waals surface area contributed by atoms with Crippen molar-refractivity contribution >= 4 is 15.9 Å². The molecule has 0 bridgehead atoms. The van der Waals surface area contributed by atoms with Crippen molar-refractivity contribution in [3.8, 4) is 44.8 Å². The molecule has 0 radical (unpaired) electrons. The second-order valence-electron chi connectivity index (χ2n) is 7.18. The zero-order chi connectivity index (χ0) is 21.0. The van der Waals surface area contributed by atoms with Crippen LogP contribution in [-0.4, -0.2) is 15.0 Å². The lowest BCUT2D eigenvalue weighted by atomic mass is 9.92. The van der Waals surface area contributed by atoms with Crippen molar-refractivity contribution in [2.24, 2.45) is 0 Å². The Kier molecular flexibility index (Phi) is 5.38. The Morgan fingerprint density at radius 2 is 1.13 bits per heavy atom. The van der Waals surface area contributed by atoms with E-state index in [9.17, 15) is 0 Å². The van der Waals surface area contributed by atoms with Crippen LogP contribution in [0.25, 0.3) is 44.8 Å². The molecule has 5 aromatic rings. The molecule has 0 fully saturated rings. The van der Waals surface area contributed by atoms with E-state index in [0.29, 0.717) is 5.82 Å². The molecular formula is C27H18BrN3. The van der Waals surface area contributed by atoms with E-state index in [0.717, 1.165) is 37.9 Å². The summed E-state index contributed by atoms with van der Waals surface area (Å²) in [5.41, 5.74) is 7.83. The Hall–Kier alpha value is -3.63. The molecule has 0 aliphatic heterocycles. The largest absolute Gasteiger partial charge is 0.225 e. The fraction of sp³-hybridized carbons (Fsp3) is 0. The quantitative estimate of drug-likeness (QED) is 0.280. The number of halogens is 1. The van der Waals surface area contributed by atoms with Crippen molar-refractivity contribution in [3.05, 3.63) is 114 Å². The summed E-state index contributed by atoms with van der Waals surface area (Å²) in [5, 5.41) is 0. The van der Waals surface area contributed by atoms with Crippen LogP contribution in [0.2, 0.25) is 0 Å². The number of nitrogens with zero attached hydrogens (tertiary/aromatic N) is 3. The van der Waals surface area contributed by atoms with Crippen molar-refractivity contribution in [3.63, 3.8) is 0 Å². The van der Waals surface area contributed by atoms with Crippen LogP contribution >= 0.6 is 15.9 Å². The third-order valence-corrected chi connectivity index (χ3v) is 5.69.